The Kier molecular flexibility index (Phi) is 6.45. The number of aromatic nitrogens is 4. The molecule has 2 heterocycles. The molecule has 1 aliphatic carbocycles. The molecule has 1 unspecified atom stereocenters. The largest absolute Gasteiger partial charge is 0.383 e. The molecule has 0 saturated heterocycles. The Balaban J connectivity index is 1.57. The van der Waals surface area contributed by atoms with Gasteiger partial charge in [0.2, 0.25) is 0 Å². The van der Waals surface area contributed by atoms with Crippen molar-refractivity contribution in [3.8, 4) is 12.1 Å². The van der Waals surface area contributed by atoms with Crippen LogP contribution in [0.15, 0.2) is 48.8 Å². The lowest BCUT2D eigenvalue weighted by molar-refractivity contribution is 0.443. The number of nitrogens with zero attached hydrogens (tertiary/aromatic N) is 6. The van der Waals surface area contributed by atoms with E-state index in [1.54, 1.807) is 18.3 Å². The molecule has 0 amide bonds. The quantitative estimate of drug-likeness (QED) is 0.303. The van der Waals surface area contributed by atoms with Crippen LogP contribution < -0.4 is 10.6 Å². The smallest absolute Gasteiger partial charge is 0.109 e. The maximum Gasteiger partial charge on any atom is 0.109 e. The topological polar surface area (TPSA) is 115 Å². The van der Waals surface area contributed by atoms with Gasteiger partial charge in [-0.05, 0) is 48.1 Å². The number of anilines is 2. The molecule has 1 atom stereocenters. The maximum absolute atomic E-state index is 9.76. The molecule has 4 aromatic rings. The zero-order valence-corrected chi connectivity index (χ0v) is 21.7. The summed E-state index contributed by atoms with van der Waals surface area (Å²) >= 11 is 6.71. The number of rotatable bonds is 7. The van der Waals surface area contributed by atoms with Crippen molar-refractivity contribution in [3.63, 3.8) is 0 Å². The Morgan fingerprint density at radius 3 is 2.54 bits per heavy atom. The SMILES string of the molecule is CC(C)(C)CNc1c(C#N)cnc2c(Cl)cc(NC(c3ccc(C#N)cc3)c3cn(C4CC4)nn3)cc12. The molecule has 8 nitrogen and oxygen atoms in total. The highest BCUT2D eigenvalue weighted by Gasteiger charge is 2.27. The van der Waals surface area contributed by atoms with Gasteiger partial charge in [-0.2, -0.15) is 10.5 Å². The van der Waals surface area contributed by atoms with Crippen LogP contribution in [0.5, 0.6) is 0 Å². The summed E-state index contributed by atoms with van der Waals surface area (Å²) in [5, 5.41) is 36.1. The number of hydrogen-bond donors (Lipinski definition) is 2. The molecule has 1 fully saturated rings. The molecule has 1 aliphatic rings. The molecule has 9 heteroatoms. The van der Waals surface area contributed by atoms with Crippen molar-refractivity contribution in [2.45, 2.75) is 45.7 Å². The molecule has 0 radical (unpaired) electrons. The Hall–Kier alpha value is -4.14. The van der Waals surface area contributed by atoms with E-state index >= 15 is 0 Å². The lowest BCUT2D eigenvalue weighted by atomic mass is 9.96. The van der Waals surface area contributed by atoms with Crippen LogP contribution in [0.25, 0.3) is 10.9 Å². The van der Waals surface area contributed by atoms with E-state index in [9.17, 15) is 10.5 Å². The molecule has 0 spiro atoms. The van der Waals surface area contributed by atoms with E-state index < -0.39 is 0 Å². The number of hydrogen-bond acceptors (Lipinski definition) is 7. The highest BCUT2D eigenvalue weighted by molar-refractivity contribution is 6.35. The first-order valence-corrected chi connectivity index (χ1v) is 12.6. The average molecular weight is 511 g/mol. The molecule has 2 N–H and O–H groups in total. The van der Waals surface area contributed by atoms with Crippen LogP contribution in [-0.4, -0.2) is 26.5 Å². The summed E-state index contributed by atoms with van der Waals surface area (Å²) in [6, 6.07) is 15.7. The lowest BCUT2D eigenvalue weighted by Crippen LogP contribution is -2.20. The van der Waals surface area contributed by atoms with Gasteiger partial charge in [-0.1, -0.05) is 49.7 Å². The van der Waals surface area contributed by atoms with Crippen LogP contribution in [0.1, 0.15) is 68.1 Å². The van der Waals surface area contributed by atoms with E-state index in [1.165, 1.54) is 0 Å². The van der Waals surface area contributed by atoms with Crippen molar-refractivity contribution in [1.29, 1.82) is 10.5 Å². The van der Waals surface area contributed by atoms with Crippen molar-refractivity contribution in [2.24, 2.45) is 5.41 Å². The summed E-state index contributed by atoms with van der Waals surface area (Å²) in [5.41, 5.74) is 4.85. The number of pyridine rings is 1. The Morgan fingerprint density at radius 2 is 1.89 bits per heavy atom. The summed E-state index contributed by atoms with van der Waals surface area (Å²) in [6.07, 6.45) is 5.75. The number of benzene rings is 2. The number of halogens is 1. The Morgan fingerprint density at radius 1 is 1.14 bits per heavy atom. The minimum atomic E-state index is -0.327. The molecule has 0 bridgehead atoms. The standard InChI is InChI=1S/C28H27ClN8/c1-28(2,3)16-33-25-19(13-31)14-32-27-22(25)10-20(11-23(27)29)34-26(18-6-4-17(12-30)5-7-18)24-15-37(36-35-24)21-8-9-21/h4-7,10-11,14-15,21,26,34H,8-9,16H2,1-3H3,(H,32,33). The average Bonchev–Trinajstić information content (AvgIpc) is 3.62. The molecule has 2 aromatic heterocycles. The van der Waals surface area contributed by atoms with Crippen LogP contribution in [0.3, 0.4) is 0 Å². The Labute approximate surface area is 220 Å². The highest BCUT2D eigenvalue weighted by atomic mass is 35.5. The zero-order valence-electron chi connectivity index (χ0n) is 21.0. The maximum atomic E-state index is 9.76. The van der Waals surface area contributed by atoms with Crippen LogP contribution >= 0.6 is 11.6 Å². The lowest BCUT2D eigenvalue weighted by Gasteiger charge is -2.22. The summed E-state index contributed by atoms with van der Waals surface area (Å²) in [6.45, 7) is 7.07. The predicted octanol–water partition coefficient (Wildman–Crippen LogP) is 6.22. The van der Waals surface area contributed by atoms with E-state index in [2.05, 4.69) is 58.8 Å². The van der Waals surface area contributed by atoms with Crippen molar-refractivity contribution in [1.82, 2.24) is 20.0 Å². The van der Waals surface area contributed by atoms with Crippen LogP contribution in [0.2, 0.25) is 5.02 Å². The second-order valence-electron chi connectivity index (χ2n) is 10.6. The van der Waals surface area contributed by atoms with Crippen molar-refractivity contribution in [2.75, 3.05) is 17.2 Å². The molecular formula is C28H27ClN8. The summed E-state index contributed by atoms with van der Waals surface area (Å²) in [5.74, 6) is 0. The Bertz CT molecular complexity index is 1530. The van der Waals surface area contributed by atoms with Crippen molar-refractivity contribution in [3.05, 3.63) is 76.2 Å². The fourth-order valence-corrected chi connectivity index (χ4v) is 4.42. The fraction of sp³-hybridized carbons (Fsp3) is 0.321. The molecular weight excluding hydrogens is 484 g/mol. The molecule has 1 saturated carbocycles. The van der Waals surface area contributed by atoms with Gasteiger partial charge in [-0.15, -0.1) is 5.10 Å². The molecule has 37 heavy (non-hydrogen) atoms. The van der Waals surface area contributed by atoms with Gasteiger partial charge >= 0.3 is 0 Å². The monoisotopic (exact) mass is 510 g/mol. The molecule has 186 valence electrons. The van der Waals surface area contributed by atoms with Crippen LogP contribution in [-0.2, 0) is 0 Å². The number of nitriles is 2. The summed E-state index contributed by atoms with van der Waals surface area (Å²) in [7, 11) is 0. The predicted molar refractivity (Wildman–Crippen MR) is 144 cm³/mol. The first-order valence-electron chi connectivity index (χ1n) is 12.2. The van der Waals surface area contributed by atoms with Gasteiger partial charge < -0.3 is 10.6 Å². The van der Waals surface area contributed by atoms with Gasteiger partial charge in [0.15, 0.2) is 0 Å². The van der Waals surface area contributed by atoms with E-state index in [1.807, 2.05) is 35.1 Å². The van der Waals surface area contributed by atoms with E-state index in [0.717, 1.165) is 35.2 Å². The first-order chi connectivity index (χ1) is 17.8. The van der Waals surface area contributed by atoms with E-state index in [4.69, 9.17) is 11.6 Å². The van der Waals surface area contributed by atoms with Gasteiger partial charge in [-0.25, -0.2) is 4.68 Å². The third-order valence-electron chi connectivity index (χ3n) is 6.27. The second kappa shape index (κ2) is 9.72. The van der Waals surface area contributed by atoms with Crippen molar-refractivity contribution >= 4 is 33.9 Å². The third-order valence-corrected chi connectivity index (χ3v) is 6.56. The van der Waals surface area contributed by atoms with Gasteiger partial charge in [0.25, 0.3) is 0 Å². The normalized spacial score (nSPS) is 14.1. The fourth-order valence-electron chi connectivity index (χ4n) is 4.16. The minimum absolute atomic E-state index is 0.00996. The summed E-state index contributed by atoms with van der Waals surface area (Å²) < 4.78 is 1.92. The van der Waals surface area contributed by atoms with E-state index in [-0.39, 0.29) is 11.5 Å². The molecule has 0 aliphatic heterocycles. The minimum Gasteiger partial charge on any atom is -0.383 e. The van der Waals surface area contributed by atoms with Gasteiger partial charge in [0.1, 0.15) is 11.8 Å². The van der Waals surface area contributed by atoms with Crippen LogP contribution in [0, 0.1) is 28.1 Å². The highest BCUT2D eigenvalue weighted by Crippen LogP contribution is 2.37. The van der Waals surface area contributed by atoms with Crippen molar-refractivity contribution < 1.29 is 0 Å². The molecule has 2 aromatic carbocycles. The first kappa shape index (κ1) is 24.5. The number of nitrogens with one attached hydrogen (secondary N) is 2. The third kappa shape index (κ3) is 5.35. The van der Waals surface area contributed by atoms with Crippen LogP contribution in [0.4, 0.5) is 11.4 Å². The van der Waals surface area contributed by atoms with Gasteiger partial charge in [0, 0.05) is 23.8 Å². The summed E-state index contributed by atoms with van der Waals surface area (Å²) in [4.78, 5) is 4.46. The number of fused-ring (bicyclic) bond motifs is 1. The van der Waals surface area contributed by atoms with Gasteiger partial charge in [0.05, 0.1) is 51.7 Å². The molecule has 5 rings (SSSR count). The second-order valence-corrected chi connectivity index (χ2v) is 11.0. The zero-order chi connectivity index (χ0) is 26.2. The van der Waals surface area contributed by atoms with E-state index in [0.29, 0.717) is 39.9 Å². The van der Waals surface area contributed by atoms with Gasteiger partial charge in [-0.3, -0.25) is 4.98 Å².